The first-order valence-corrected chi connectivity index (χ1v) is 5.69. The number of rotatable bonds is 4. The molecule has 0 unspecified atom stereocenters. The Morgan fingerprint density at radius 3 is 2.13 bits per heavy atom. The highest BCUT2D eigenvalue weighted by Gasteiger charge is 1.99. The van der Waals surface area contributed by atoms with E-state index in [0.717, 1.165) is 13.0 Å². The summed E-state index contributed by atoms with van der Waals surface area (Å²) in [4.78, 5) is 0. The summed E-state index contributed by atoms with van der Waals surface area (Å²) in [5.41, 5.74) is 5.31. The summed E-state index contributed by atoms with van der Waals surface area (Å²) in [5.74, 6) is 0. The first kappa shape index (κ1) is 11.8. The van der Waals surface area contributed by atoms with Gasteiger partial charge in [0.05, 0.1) is 0 Å². The van der Waals surface area contributed by atoms with Crippen molar-refractivity contribution in [2.24, 2.45) is 0 Å². The van der Waals surface area contributed by atoms with Crippen LogP contribution in [0.2, 0.25) is 0 Å². The zero-order chi connectivity index (χ0) is 11.3. The van der Waals surface area contributed by atoms with Crippen LogP contribution in [0, 0.1) is 0 Å². The fraction of sp³-hybridized carbons (Fsp3) is 0.429. The molecular formula is C14H21N. The minimum atomic E-state index is 0.982. The van der Waals surface area contributed by atoms with Crippen LogP contribution in [0.3, 0.4) is 0 Å². The Labute approximate surface area is 93.2 Å². The quantitative estimate of drug-likeness (QED) is 0.788. The van der Waals surface area contributed by atoms with Gasteiger partial charge in [0.25, 0.3) is 0 Å². The molecule has 0 saturated heterocycles. The zero-order valence-corrected chi connectivity index (χ0v) is 10.2. The topological polar surface area (TPSA) is 12.0 Å². The second-order valence-corrected chi connectivity index (χ2v) is 3.83. The molecule has 0 spiro atoms. The molecule has 0 aromatic heterocycles. The number of hydrogen-bond acceptors (Lipinski definition) is 1. The number of hydrogen-bond donors (Lipinski definition) is 1. The second-order valence-electron chi connectivity index (χ2n) is 3.83. The van der Waals surface area contributed by atoms with Gasteiger partial charge in [-0.1, -0.05) is 31.2 Å². The highest BCUT2D eigenvalue weighted by molar-refractivity contribution is 5.66. The van der Waals surface area contributed by atoms with Gasteiger partial charge in [-0.15, -0.1) is 0 Å². The molecule has 1 aromatic rings. The molecule has 0 aliphatic carbocycles. The molecule has 0 radical (unpaired) electrons. The average Bonchev–Trinajstić information content (AvgIpc) is 2.28. The van der Waals surface area contributed by atoms with Crippen molar-refractivity contribution in [2.45, 2.75) is 34.1 Å². The Morgan fingerprint density at radius 1 is 1.07 bits per heavy atom. The van der Waals surface area contributed by atoms with Gasteiger partial charge >= 0.3 is 0 Å². The molecule has 1 nitrogen and oxygen atoms in total. The number of aryl methyl sites for hydroxylation is 1. The van der Waals surface area contributed by atoms with E-state index >= 15 is 0 Å². The maximum absolute atomic E-state index is 3.35. The lowest BCUT2D eigenvalue weighted by atomic mass is 10.0. The summed E-state index contributed by atoms with van der Waals surface area (Å²) in [5, 5.41) is 3.35. The van der Waals surface area contributed by atoms with Crippen LogP contribution < -0.4 is 5.32 Å². The molecule has 0 saturated carbocycles. The van der Waals surface area contributed by atoms with Gasteiger partial charge in [-0.05, 0) is 43.9 Å². The van der Waals surface area contributed by atoms with Crippen molar-refractivity contribution in [3.05, 3.63) is 41.1 Å². The monoisotopic (exact) mass is 203 g/mol. The average molecular weight is 203 g/mol. The summed E-state index contributed by atoms with van der Waals surface area (Å²) in [6, 6.07) is 8.82. The largest absolute Gasteiger partial charge is 0.389 e. The van der Waals surface area contributed by atoms with Crippen molar-refractivity contribution in [2.75, 3.05) is 6.54 Å². The lowest BCUT2D eigenvalue weighted by molar-refractivity contribution is 0.856. The van der Waals surface area contributed by atoms with E-state index in [2.05, 4.69) is 57.3 Å². The molecule has 0 bridgehead atoms. The highest BCUT2D eigenvalue weighted by atomic mass is 14.9. The molecule has 1 aromatic carbocycles. The van der Waals surface area contributed by atoms with Crippen molar-refractivity contribution in [3.63, 3.8) is 0 Å². The van der Waals surface area contributed by atoms with Gasteiger partial charge in [-0.3, -0.25) is 0 Å². The Bertz CT molecular complexity index is 333. The van der Waals surface area contributed by atoms with Gasteiger partial charge in [0.2, 0.25) is 0 Å². The van der Waals surface area contributed by atoms with Crippen molar-refractivity contribution in [3.8, 4) is 0 Å². The third-order valence-electron chi connectivity index (χ3n) is 2.80. The fourth-order valence-electron chi connectivity index (χ4n) is 1.60. The number of allylic oxidation sites excluding steroid dienone is 2. The van der Waals surface area contributed by atoms with Crippen LogP contribution in [0.25, 0.3) is 5.57 Å². The predicted molar refractivity (Wildman–Crippen MR) is 67.8 cm³/mol. The van der Waals surface area contributed by atoms with E-state index in [1.54, 1.807) is 0 Å². The third-order valence-corrected chi connectivity index (χ3v) is 2.80. The van der Waals surface area contributed by atoms with Gasteiger partial charge in [0.1, 0.15) is 0 Å². The van der Waals surface area contributed by atoms with Crippen LogP contribution in [-0.2, 0) is 6.42 Å². The summed E-state index contributed by atoms with van der Waals surface area (Å²) in [6.07, 6.45) is 1.11. The molecule has 15 heavy (non-hydrogen) atoms. The molecule has 1 N–H and O–H groups in total. The minimum absolute atomic E-state index is 0.982. The molecule has 0 aliphatic rings. The normalized spacial score (nSPS) is 12.3. The Morgan fingerprint density at radius 2 is 1.67 bits per heavy atom. The van der Waals surface area contributed by atoms with Crippen LogP contribution in [0.4, 0.5) is 0 Å². The van der Waals surface area contributed by atoms with Crippen LogP contribution in [0.1, 0.15) is 38.8 Å². The number of nitrogens with one attached hydrogen (secondary N) is 1. The molecule has 0 atom stereocenters. The van der Waals surface area contributed by atoms with Gasteiger partial charge in [0.15, 0.2) is 0 Å². The second kappa shape index (κ2) is 5.59. The van der Waals surface area contributed by atoms with E-state index in [9.17, 15) is 0 Å². The molecule has 0 aliphatic heterocycles. The van der Waals surface area contributed by atoms with E-state index in [0.29, 0.717) is 0 Å². The van der Waals surface area contributed by atoms with Crippen LogP contribution >= 0.6 is 0 Å². The maximum atomic E-state index is 3.35. The van der Waals surface area contributed by atoms with E-state index in [-0.39, 0.29) is 0 Å². The van der Waals surface area contributed by atoms with Gasteiger partial charge in [-0.2, -0.15) is 0 Å². The zero-order valence-electron chi connectivity index (χ0n) is 10.2. The summed E-state index contributed by atoms with van der Waals surface area (Å²) >= 11 is 0. The first-order chi connectivity index (χ1) is 7.19. The van der Waals surface area contributed by atoms with Crippen LogP contribution in [0.5, 0.6) is 0 Å². The van der Waals surface area contributed by atoms with Crippen molar-refractivity contribution in [1.82, 2.24) is 5.32 Å². The lowest BCUT2D eigenvalue weighted by Crippen LogP contribution is -2.10. The van der Waals surface area contributed by atoms with E-state index in [1.165, 1.54) is 22.4 Å². The standard InChI is InChI=1S/C14H21N/c1-5-13-7-9-14(10-8-13)11(3)12(4)15-6-2/h7-10,15H,5-6H2,1-4H3/b12-11+. The molecule has 1 heteroatoms. The van der Waals surface area contributed by atoms with Gasteiger partial charge in [0, 0.05) is 12.2 Å². The van der Waals surface area contributed by atoms with Crippen molar-refractivity contribution >= 4 is 5.57 Å². The molecular weight excluding hydrogens is 182 g/mol. The van der Waals surface area contributed by atoms with Crippen LogP contribution in [0.15, 0.2) is 30.0 Å². The van der Waals surface area contributed by atoms with Crippen molar-refractivity contribution in [1.29, 1.82) is 0 Å². The lowest BCUT2D eigenvalue weighted by Gasteiger charge is -2.09. The Balaban J connectivity index is 2.91. The van der Waals surface area contributed by atoms with E-state index in [1.807, 2.05) is 0 Å². The first-order valence-electron chi connectivity index (χ1n) is 5.69. The number of benzene rings is 1. The smallest absolute Gasteiger partial charge is 0.0115 e. The predicted octanol–water partition coefficient (Wildman–Crippen LogP) is 3.61. The molecule has 0 heterocycles. The highest BCUT2D eigenvalue weighted by Crippen LogP contribution is 2.17. The van der Waals surface area contributed by atoms with E-state index in [4.69, 9.17) is 0 Å². The molecule has 82 valence electrons. The maximum Gasteiger partial charge on any atom is 0.0115 e. The fourth-order valence-corrected chi connectivity index (χ4v) is 1.60. The molecule has 1 rings (SSSR count). The minimum Gasteiger partial charge on any atom is -0.389 e. The molecule has 0 fully saturated rings. The van der Waals surface area contributed by atoms with Crippen molar-refractivity contribution < 1.29 is 0 Å². The molecule has 0 amide bonds. The van der Waals surface area contributed by atoms with Gasteiger partial charge in [-0.25, -0.2) is 0 Å². The Kier molecular flexibility index (Phi) is 4.41. The van der Waals surface area contributed by atoms with E-state index < -0.39 is 0 Å². The SMILES string of the molecule is CCN/C(C)=C(\C)c1ccc(CC)cc1. The third kappa shape index (κ3) is 3.12. The summed E-state index contributed by atoms with van der Waals surface area (Å²) < 4.78 is 0. The van der Waals surface area contributed by atoms with Gasteiger partial charge < -0.3 is 5.32 Å². The Hall–Kier alpha value is -1.24. The summed E-state index contributed by atoms with van der Waals surface area (Å²) in [7, 11) is 0. The van der Waals surface area contributed by atoms with Crippen LogP contribution in [-0.4, -0.2) is 6.54 Å². The summed E-state index contributed by atoms with van der Waals surface area (Å²) in [6.45, 7) is 9.58.